The summed E-state index contributed by atoms with van der Waals surface area (Å²) in [4.78, 5) is 0. The average Bonchev–Trinajstić information content (AvgIpc) is 2.86. The zero-order chi connectivity index (χ0) is 24.8. The molecule has 0 spiro atoms. The fraction of sp³-hybridized carbons (Fsp3) is 0.133. The summed E-state index contributed by atoms with van der Waals surface area (Å²) in [7, 11) is 0. The van der Waals surface area contributed by atoms with Gasteiger partial charge in [-0.3, -0.25) is 0 Å². The van der Waals surface area contributed by atoms with E-state index in [4.69, 9.17) is 9.47 Å². The largest absolute Gasteiger partial charge is 0.493 e. The van der Waals surface area contributed by atoms with Crippen molar-refractivity contribution in [1.82, 2.24) is 0 Å². The molecular weight excluding hydrogens is 449 g/mol. The number of ether oxygens (including phenoxy) is 2. The van der Waals surface area contributed by atoms with Crippen LogP contribution in [0.25, 0.3) is 22.3 Å². The van der Waals surface area contributed by atoms with Gasteiger partial charge in [0.05, 0.1) is 6.61 Å². The molecule has 4 aromatic rings. The number of rotatable bonds is 9. The zero-order valence-corrected chi connectivity index (χ0v) is 19.4. The molecule has 0 aromatic heterocycles. The molecule has 0 aliphatic carbocycles. The predicted octanol–water partition coefficient (Wildman–Crippen LogP) is 8.28. The van der Waals surface area contributed by atoms with Gasteiger partial charge in [-0.2, -0.15) is 0 Å². The van der Waals surface area contributed by atoms with Crippen molar-refractivity contribution < 1.29 is 22.6 Å². The quantitative estimate of drug-likeness (QED) is 0.179. The van der Waals surface area contributed by atoms with Crippen LogP contribution in [0.15, 0.2) is 91.5 Å². The molecule has 0 radical (unpaired) electrons. The molecule has 0 amide bonds. The minimum absolute atomic E-state index is 0.102. The summed E-state index contributed by atoms with van der Waals surface area (Å²) < 4.78 is 55.1. The zero-order valence-electron chi connectivity index (χ0n) is 19.4. The maximum Gasteiger partial charge on any atom is 0.168 e. The van der Waals surface area contributed by atoms with E-state index in [1.165, 1.54) is 12.1 Å². The molecule has 5 heteroatoms. The Labute approximate surface area is 203 Å². The van der Waals surface area contributed by atoms with E-state index in [0.717, 1.165) is 11.1 Å². The molecule has 0 fully saturated rings. The summed E-state index contributed by atoms with van der Waals surface area (Å²) in [6.07, 6.45) is 2.40. The third-order valence-electron chi connectivity index (χ3n) is 5.60. The molecule has 35 heavy (non-hydrogen) atoms. The molecule has 4 rings (SSSR count). The maximum absolute atomic E-state index is 14.9. The minimum atomic E-state index is -0.899. The minimum Gasteiger partial charge on any atom is -0.493 e. The molecule has 0 bridgehead atoms. The second-order valence-electron chi connectivity index (χ2n) is 8.16. The summed E-state index contributed by atoms with van der Waals surface area (Å²) in [6.45, 7) is 6.10. The summed E-state index contributed by atoms with van der Waals surface area (Å²) in [6, 6.07) is 21.7. The Morgan fingerprint density at radius 2 is 1.34 bits per heavy atom. The highest BCUT2D eigenvalue weighted by Gasteiger charge is 2.16. The molecule has 0 atom stereocenters. The first-order valence-corrected chi connectivity index (χ1v) is 11.3. The lowest BCUT2D eigenvalue weighted by Gasteiger charge is -2.11. The molecular formula is C30H25F3O2. The van der Waals surface area contributed by atoms with Gasteiger partial charge in [0.2, 0.25) is 0 Å². The van der Waals surface area contributed by atoms with Crippen LogP contribution in [0.3, 0.4) is 0 Å². The molecule has 0 heterocycles. The van der Waals surface area contributed by atoms with Crippen molar-refractivity contribution >= 4 is 0 Å². The molecule has 178 valence electrons. The Hall–Kier alpha value is -3.99. The van der Waals surface area contributed by atoms with Crippen molar-refractivity contribution in [2.75, 3.05) is 6.61 Å². The van der Waals surface area contributed by atoms with Gasteiger partial charge in [-0.25, -0.2) is 13.2 Å². The van der Waals surface area contributed by atoms with Crippen LogP contribution < -0.4 is 9.47 Å². The summed E-state index contributed by atoms with van der Waals surface area (Å²) in [5.74, 6) is -1.78. The third kappa shape index (κ3) is 5.75. The van der Waals surface area contributed by atoms with Crippen LogP contribution in [0.1, 0.15) is 17.5 Å². The van der Waals surface area contributed by atoms with Crippen molar-refractivity contribution in [2.45, 2.75) is 20.0 Å². The molecule has 0 saturated heterocycles. The number of aryl methyl sites for hydroxylation is 1. The van der Waals surface area contributed by atoms with Crippen LogP contribution >= 0.6 is 0 Å². The average molecular weight is 475 g/mol. The molecule has 0 aliphatic rings. The van der Waals surface area contributed by atoms with Crippen LogP contribution in [-0.2, 0) is 6.61 Å². The Morgan fingerprint density at radius 3 is 1.91 bits per heavy atom. The van der Waals surface area contributed by atoms with Gasteiger partial charge in [-0.1, -0.05) is 72.3 Å². The Balaban J connectivity index is 1.44. The fourth-order valence-electron chi connectivity index (χ4n) is 3.62. The molecule has 0 N–H and O–H groups in total. The number of hydrogen-bond donors (Lipinski definition) is 0. The lowest BCUT2D eigenvalue weighted by molar-refractivity contribution is 0.286. The van der Waals surface area contributed by atoms with Gasteiger partial charge in [-0.05, 0) is 42.2 Å². The third-order valence-corrected chi connectivity index (χ3v) is 5.60. The smallest absolute Gasteiger partial charge is 0.168 e. The Kier molecular flexibility index (Phi) is 7.56. The van der Waals surface area contributed by atoms with Gasteiger partial charge >= 0.3 is 0 Å². The lowest BCUT2D eigenvalue weighted by Crippen LogP contribution is -2.00. The second-order valence-corrected chi connectivity index (χ2v) is 8.16. The van der Waals surface area contributed by atoms with E-state index in [9.17, 15) is 13.2 Å². The van der Waals surface area contributed by atoms with Gasteiger partial charge in [0.1, 0.15) is 12.4 Å². The van der Waals surface area contributed by atoms with Crippen molar-refractivity contribution in [3.63, 3.8) is 0 Å². The summed E-state index contributed by atoms with van der Waals surface area (Å²) >= 11 is 0. The SMILES string of the molecule is C=CCCOc1ccc(OCc2ccc(-c3ccc(-c4ccc(C)cc4)c(F)c3F)cc2)c(F)c1. The highest BCUT2D eigenvalue weighted by molar-refractivity contribution is 5.72. The molecule has 0 saturated carbocycles. The van der Waals surface area contributed by atoms with Crippen molar-refractivity contribution in [3.8, 4) is 33.8 Å². The standard InChI is InChI=1S/C30H25F3O2/c1-3-4-17-34-24-13-16-28(27(31)18-24)35-19-21-7-11-23(12-8-21)26-15-14-25(29(32)30(26)33)22-9-5-20(2)6-10-22/h3,5-16,18H,1,4,17,19H2,2H3. The van der Waals surface area contributed by atoms with E-state index in [1.807, 2.05) is 19.1 Å². The first kappa shape index (κ1) is 24.1. The topological polar surface area (TPSA) is 18.5 Å². The van der Waals surface area contributed by atoms with E-state index in [1.54, 1.807) is 60.7 Å². The maximum atomic E-state index is 14.9. The predicted molar refractivity (Wildman–Crippen MR) is 133 cm³/mol. The van der Waals surface area contributed by atoms with Crippen LogP contribution in [0.2, 0.25) is 0 Å². The van der Waals surface area contributed by atoms with Crippen LogP contribution in [0, 0.1) is 24.4 Å². The summed E-state index contributed by atoms with van der Waals surface area (Å²) in [5.41, 5.74) is 3.35. The molecule has 2 nitrogen and oxygen atoms in total. The number of hydrogen-bond acceptors (Lipinski definition) is 2. The van der Waals surface area contributed by atoms with Crippen LogP contribution in [0.4, 0.5) is 13.2 Å². The number of halogens is 3. The molecule has 0 aliphatic heterocycles. The van der Waals surface area contributed by atoms with Crippen molar-refractivity contribution in [3.05, 3.63) is 120 Å². The fourth-order valence-corrected chi connectivity index (χ4v) is 3.62. The van der Waals surface area contributed by atoms with E-state index in [2.05, 4.69) is 6.58 Å². The van der Waals surface area contributed by atoms with Gasteiger partial charge in [0.15, 0.2) is 23.2 Å². The van der Waals surface area contributed by atoms with Gasteiger partial charge < -0.3 is 9.47 Å². The van der Waals surface area contributed by atoms with E-state index >= 15 is 0 Å². The highest BCUT2D eigenvalue weighted by Crippen LogP contribution is 2.32. The normalized spacial score (nSPS) is 10.7. The molecule has 0 unspecified atom stereocenters. The highest BCUT2D eigenvalue weighted by atomic mass is 19.2. The lowest BCUT2D eigenvalue weighted by atomic mass is 9.98. The van der Waals surface area contributed by atoms with Gasteiger partial charge in [0.25, 0.3) is 0 Å². The Morgan fingerprint density at radius 1 is 0.743 bits per heavy atom. The van der Waals surface area contributed by atoms with Crippen molar-refractivity contribution in [2.24, 2.45) is 0 Å². The van der Waals surface area contributed by atoms with Crippen LogP contribution in [-0.4, -0.2) is 6.61 Å². The molecule has 4 aromatic carbocycles. The van der Waals surface area contributed by atoms with Crippen molar-refractivity contribution in [1.29, 1.82) is 0 Å². The van der Waals surface area contributed by atoms with Gasteiger partial charge in [0, 0.05) is 17.2 Å². The summed E-state index contributed by atoms with van der Waals surface area (Å²) in [5, 5.41) is 0. The first-order chi connectivity index (χ1) is 17.0. The second kappa shape index (κ2) is 11.0. The Bertz CT molecular complexity index is 1310. The monoisotopic (exact) mass is 474 g/mol. The van der Waals surface area contributed by atoms with Crippen LogP contribution in [0.5, 0.6) is 11.5 Å². The van der Waals surface area contributed by atoms with E-state index in [-0.39, 0.29) is 23.5 Å². The first-order valence-electron chi connectivity index (χ1n) is 11.3. The van der Waals surface area contributed by atoms with Gasteiger partial charge in [-0.15, -0.1) is 6.58 Å². The van der Waals surface area contributed by atoms with E-state index in [0.29, 0.717) is 29.9 Å². The van der Waals surface area contributed by atoms with E-state index < -0.39 is 17.5 Å². The number of benzene rings is 4.